The number of anilines is 1. The molecule has 0 bridgehead atoms. The smallest absolute Gasteiger partial charge is 0.248 e. The molecule has 1 N–H and O–H groups in total. The molecule has 0 aromatic heterocycles. The van der Waals surface area contributed by atoms with Gasteiger partial charge in [0.15, 0.2) is 0 Å². The van der Waals surface area contributed by atoms with Crippen LogP contribution in [0.15, 0.2) is 24.3 Å². The van der Waals surface area contributed by atoms with Crippen LogP contribution in [0.25, 0.3) is 0 Å². The summed E-state index contributed by atoms with van der Waals surface area (Å²) in [5.74, 6) is -0.202. The van der Waals surface area contributed by atoms with Gasteiger partial charge in [-0.2, -0.15) is 0 Å². The van der Waals surface area contributed by atoms with E-state index in [0.717, 1.165) is 5.69 Å². The number of carbonyl (C=O) groups excluding carboxylic acids is 2. The quantitative estimate of drug-likeness (QED) is 0.846. The van der Waals surface area contributed by atoms with Crippen LogP contribution in [0.4, 0.5) is 5.69 Å². The van der Waals surface area contributed by atoms with E-state index in [2.05, 4.69) is 19.3 Å². The Kier molecular flexibility index (Phi) is 4.96. The predicted molar refractivity (Wildman–Crippen MR) is 80.8 cm³/mol. The van der Waals surface area contributed by atoms with E-state index < -0.39 is 0 Å². The minimum Gasteiger partial charge on any atom is -0.312 e. The molecule has 5 nitrogen and oxygen atoms in total. The summed E-state index contributed by atoms with van der Waals surface area (Å²) >= 11 is 0. The Bertz CT molecular complexity index is 528. The molecule has 2 rings (SSSR count). The van der Waals surface area contributed by atoms with E-state index in [1.165, 1.54) is 5.56 Å². The van der Waals surface area contributed by atoms with Crippen LogP contribution >= 0.6 is 0 Å². The van der Waals surface area contributed by atoms with Crippen molar-refractivity contribution in [1.82, 2.24) is 5.48 Å². The Morgan fingerprint density at radius 2 is 2.24 bits per heavy atom. The second-order valence-electron chi connectivity index (χ2n) is 5.55. The summed E-state index contributed by atoms with van der Waals surface area (Å²) in [6.45, 7) is 6.84. The van der Waals surface area contributed by atoms with E-state index in [4.69, 9.17) is 4.84 Å². The van der Waals surface area contributed by atoms with Crippen LogP contribution in [0.2, 0.25) is 0 Å². The molecule has 1 aromatic carbocycles. The minimum atomic E-state index is -0.355. The highest BCUT2D eigenvalue weighted by Crippen LogP contribution is 2.27. The minimum absolute atomic E-state index is 0.0208. The van der Waals surface area contributed by atoms with E-state index in [1.807, 2.05) is 24.3 Å². The number of nitrogens with zero attached hydrogens (tertiary/aromatic N) is 1. The molecule has 2 amide bonds. The van der Waals surface area contributed by atoms with Gasteiger partial charge in [-0.05, 0) is 30.5 Å². The maximum absolute atomic E-state index is 12.1. The average molecular weight is 290 g/mol. The fourth-order valence-corrected chi connectivity index (χ4v) is 2.41. The van der Waals surface area contributed by atoms with E-state index >= 15 is 0 Å². The van der Waals surface area contributed by atoms with Gasteiger partial charge in [0, 0.05) is 18.7 Å². The molecule has 0 radical (unpaired) electrons. The number of amides is 2. The van der Waals surface area contributed by atoms with E-state index in [-0.39, 0.29) is 24.2 Å². The molecular formula is C16H22N2O3. The summed E-state index contributed by atoms with van der Waals surface area (Å²) in [4.78, 5) is 30.6. The lowest BCUT2D eigenvalue weighted by atomic mass is 10.0. The third kappa shape index (κ3) is 3.61. The van der Waals surface area contributed by atoms with Crippen molar-refractivity contribution < 1.29 is 14.4 Å². The Labute approximate surface area is 125 Å². The first-order chi connectivity index (χ1) is 10.0. The Hall–Kier alpha value is -1.88. The van der Waals surface area contributed by atoms with Crippen molar-refractivity contribution in [3.8, 4) is 0 Å². The standard InChI is InChI=1S/C16H22N2O3/c1-4-21-17-16(20)13-9-15(19)18(10-13)14-7-5-6-12(8-14)11(2)3/h5-8,11,13H,4,9-10H2,1-3H3,(H,17,20)/t13-/m0/s1. The molecule has 1 heterocycles. The van der Waals surface area contributed by atoms with Crippen molar-refractivity contribution in [3.05, 3.63) is 29.8 Å². The van der Waals surface area contributed by atoms with Crippen LogP contribution in [-0.2, 0) is 14.4 Å². The number of hydrogen-bond acceptors (Lipinski definition) is 3. The van der Waals surface area contributed by atoms with E-state index in [0.29, 0.717) is 19.1 Å². The number of benzene rings is 1. The maximum atomic E-state index is 12.1. The first kappa shape index (κ1) is 15.5. The second-order valence-corrected chi connectivity index (χ2v) is 5.55. The van der Waals surface area contributed by atoms with Crippen molar-refractivity contribution in [2.75, 3.05) is 18.1 Å². The number of nitrogens with one attached hydrogen (secondary N) is 1. The highest BCUT2D eigenvalue weighted by Gasteiger charge is 2.35. The Morgan fingerprint density at radius 1 is 1.48 bits per heavy atom. The van der Waals surface area contributed by atoms with Crippen LogP contribution in [-0.4, -0.2) is 25.0 Å². The van der Waals surface area contributed by atoms with E-state index in [9.17, 15) is 9.59 Å². The largest absolute Gasteiger partial charge is 0.312 e. The first-order valence-corrected chi connectivity index (χ1v) is 7.35. The summed E-state index contributed by atoms with van der Waals surface area (Å²) in [5.41, 5.74) is 4.42. The number of hydrogen-bond donors (Lipinski definition) is 1. The molecular weight excluding hydrogens is 268 g/mol. The summed E-state index contributed by atoms with van der Waals surface area (Å²) in [6, 6.07) is 7.93. The van der Waals surface area contributed by atoms with Gasteiger partial charge in [0.05, 0.1) is 12.5 Å². The zero-order chi connectivity index (χ0) is 15.4. The van der Waals surface area contributed by atoms with E-state index in [1.54, 1.807) is 11.8 Å². The normalized spacial score (nSPS) is 18.4. The molecule has 114 valence electrons. The third-order valence-corrected chi connectivity index (χ3v) is 3.66. The lowest BCUT2D eigenvalue weighted by Crippen LogP contribution is -2.33. The summed E-state index contributed by atoms with van der Waals surface area (Å²) in [7, 11) is 0. The van der Waals surface area contributed by atoms with Gasteiger partial charge in [-0.3, -0.25) is 14.4 Å². The number of hydroxylamine groups is 1. The predicted octanol–water partition coefficient (Wildman–Crippen LogP) is 2.23. The topological polar surface area (TPSA) is 58.6 Å². The van der Waals surface area contributed by atoms with Gasteiger partial charge in [0.25, 0.3) is 0 Å². The molecule has 1 aliphatic heterocycles. The van der Waals surface area contributed by atoms with Crippen molar-refractivity contribution in [2.24, 2.45) is 5.92 Å². The molecule has 1 atom stereocenters. The molecule has 0 saturated carbocycles. The number of rotatable bonds is 5. The van der Waals surface area contributed by atoms with Gasteiger partial charge in [-0.25, -0.2) is 5.48 Å². The zero-order valence-corrected chi connectivity index (χ0v) is 12.8. The molecule has 0 unspecified atom stereocenters. The lowest BCUT2D eigenvalue weighted by Gasteiger charge is -2.18. The van der Waals surface area contributed by atoms with Crippen molar-refractivity contribution >= 4 is 17.5 Å². The van der Waals surface area contributed by atoms with Crippen LogP contribution in [0, 0.1) is 5.92 Å². The summed E-state index contributed by atoms with van der Waals surface area (Å²) in [6.07, 6.45) is 0.227. The Morgan fingerprint density at radius 3 is 2.90 bits per heavy atom. The molecule has 1 aliphatic rings. The Balaban J connectivity index is 2.09. The van der Waals surface area contributed by atoms with Crippen molar-refractivity contribution in [3.63, 3.8) is 0 Å². The molecule has 1 aromatic rings. The lowest BCUT2D eigenvalue weighted by molar-refractivity contribution is -0.137. The van der Waals surface area contributed by atoms with Gasteiger partial charge in [0.2, 0.25) is 11.8 Å². The van der Waals surface area contributed by atoms with Crippen LogP contribution in [0.3, 0.4) is 0 Å². The first-order valence-electron chi connectivity index (χ1n) is 7.35. The van der Waals surface area contributed by atoms with Gasteiger partial charge in [-0.15, -0.1) is 0 Å². The summed E-state index contributed by atoms with van der Waals surface area (Å²) in [5, 5.41) is 0. The second kappa shape index (κ2) is 6.72. The molecule has 21 heavy (non-hydrogen) atoms. The fraction of sp³-hybridized carbons (Fsp3) is 0.500. The van der Waals surface area contributed by atoms with Crippen molar-refractivity contribution in [2.45, 2.75) is 33.1 Å². The molecule has 0 spiro atoms. The molecule has 5 heteroatoms. The fourth-order valence-electron chi connectivity index (χ4n) is 2.41. The molecule has 1 saturated heterocycles. The highest BCUT2D eigenvalue weighted by atomic mass is 16.6. The van der Waals surface area contributed by atoms with Gasteiger partial charge in [-0.1, -0.05) is 26.0 Å². The monoisotopic (exact) mass is 290 g/mol. The highest BCUT2D eigenvalue weighted by molar-refractivity contribution is 6.00. The SMILES string of the molecule is CCONC(=O)[C@H]1CC(=O)N(c2cccc(C(C)C)c2)C1. The van der Waals surface area contributed by atoms with Crippen LogP contribution in [0.1, 0.15) is 38.7 Å². The van der Waals surface area contributed by atoms with Crippen LogP contribution < -0.4 is 10.4 Å². The van der Waals surface area contributed by atoms with Crippen LogP contribution in [0.5, 0.6) is 0 Å². The van der Waals surface area contributed by atoms with Gasteiger partial charge < -0.3 is 4.90 Å². The molecule has 1 fully saturated rings. The third-order valence-electron chi connectivity index (χ3n) is 3.66. The molecule has 0 aliphatic carbocycles. The van der Waals surface area contributed by atoms with Crippen molar-refractivity contribution in [1.29, 1.82) is 0 Å². The average Bonchev–Trinajstić information content (AvgIpc) is 2.87. The van der Waals surface area contributed by atoms with Gasteiger partial charge >= 0.3 is 0 Å². The summed E-state index contributed by atoms with van der Waals surface area (Å²) < 4.78 is 0. The zero-order valence-electron chi connectivity index (χ0n) is 12.8. The number of carbonyl (C=O) groups is 2. The maximum Gasteiger partial charge on any atom is 0.248 e. The van der Waals surface area contributed by atoms with Gasteiger partial charge in [0.1, 0.15) is 0 Å².